The quantitative estimate of drug-likeness (QED) is 0.0678. The number of aliphatic hydroxyl groups is 9. The van der Waals surface area contributed by atoms with Gasteiger partial charge in [-0.05, 0) is 48.9 Å². The Labute approximate surface area is 369 Å². The molecular formula is C43H50O22. The minimum atomic E-state index is -1.94. The normalized spacial score (nSPS) is 34.8. The van der Waals surface area contributed by atoms with E-state index < -0.39 is 123 Å². The summed E-state index contributed by atoms with van der Waals surface area (Å²) in [4.78, 5) is 12.6. The van der Waals surface area contributed by atoms with Crippen LogP contribution >= 0.6 is 0 Å². The summed E-state index contributed by atoms with van der Waals surface area (Å²) in [6.45, 7) is 0.0512. The van der Waals surface area contributed by atoms with E-state index in [1.54, 1.807) is 12.1 Å². The highest BCUT2D eigenvalue weighted by atomic mass is 16.7. The minimum Gasteiger partial charge on any atom is -0.508 e. The number of carbonyl (C=O) groups is 1. The molecule has 0 spiro atoms. The molecule has 3 aromatic rings. The van der Waals surface area contributed by atoms with Gasteiger partial charge >= 0.3 is 5.97 Å². The summed E-state index contributed by atoms with van der Waals surface area (Å²) in [5.74, 6) is -1.92. The van der Waals surface area contributed by atoms with E-state index in [1.165, 1.54) is 62.6 Å². The number of aromatic hydroxyl groups is 3. The van der Waals surface area contributed by atoms with Gasteiger partial charge in [-0.2, -0.15) is 0 Å². The molecule has 22 heteroatoms. The van der Waals surface area contributed by atoms with Crippen molar-refractivity contribution in [2.24, 2.45) is 0 Å². The van der Waals surface area contributed by atoms with E-state index in [9.17, 15) is 66.1 Å². The van der Waals surface area contributed by atoms with E-state index in [0.29, 0.717) is 5.56 Å². The van der Waals surface area contributed by atoms with E-state index in [4.69, 9.17) is 42.6 Å². The molecule has 16 atom stereocenters. The molecule has 0 amide bonds. The number of ether oxygens (including phenoxy) is 9. The van der Waals surface area contributed by atoms with E-state index in [-0.39, 0.29) is 45.6 Å². The first-order valence-corrected chi connectivity index (χ1v) is 20.2. The van der Waals surface area contributed by atoms with E-state index >= 15 is 0 Å². The van der Waals surface area contributed by atoms with Gasteiger partial charge in [0, 0.05) is 23.8 Å². The molecule has 4 aliphatic rings. The zero-order chi connectivity index (χ0) is 46.9. The minimum absolute atomic E-state index is 0.0157. The van der Waals surface area contributed by atoms with Crippen molar-refractivity contribution in [3.63, 3.8) is 0 Å². The predicted molar refractivity (Wildman–Crippen MR) is 216 cm³/mol. The number of methoxy groups -OCH3 is 1. The first-order valence-electron chi connectivity index (χ1n) is 20.2. The standard InChI is InChI=1S/C43H50O22/c1-17-39(65-30(48)10-5-18-3-7-20(45)8-4-18)35(53)38(56)41(59-17)58-16-29-32(50)34(52)37(55)43(64-29)62-27-14-22-24(60-40(27)19-6-9-23(47)26(11-19)57-2)12-21(46)13-25(22)61-42-36(54)33(51)31(49)28(15-44)63-42/h3-14,17,28-29,31-47,49-56H,15-16H2,1-2H3/b10-5+/t17-,28+,29+,31-,32-,33-,34-,35+,36-,37+,38-,39-,40?,41+,42+,43+/m0/s1. The van der Waals surface area contributed by atoms with Crippen molar-refractivity contribution in [1.82, 2.24) is 0 Å². The Bertz CT molecular complexity index is 2180. The highest BCUT2D eigenvalue weighted by Crippen LogP contribution is 2.46. The average molecular weight is 919 g/mol. The Morgan fingerprint density at radius 2 is 1.34 bits per heavy atom. The summed E-state index contributed by atoms with van der Waals surface area (Å²) < 4.78 is 51.8. The number of benzene rings is 3. The highest BCUT2D eigenvalue weighted by molar-refractivity contribution is 5.87. The van der Waals surface area contributed by atoms with E-state index in [0.717, 1.165) is 12.1 Å². The summed E-state index contributed by atoms with van der Waals surface area (Å²) in [5.41, 5.74) is 0.868. The van der Waals surface area contributed by atoms with Crippen molar-refractivity contribution in [1.29, 1.82) is 0 Å². The largest absolute Gasteiger partial charge is 0.508 e. The smallest absolute Gasteiger partial charge is 0.331 e. The van der Waals surface area contributed by atoms with Gasteiger partial charge in [-0.25, -0.2) is 4.79 Å². The van der Waals surface area contributed by atoms with Gasteiger partial charge < -0.3 is 104 Å². The van der Waals surface area contributed by atoms with Gasteiger partial charge in [0.05, 0.1) is 32.0 Å². The van der Waals surface area contributed by atoms with Gasteiger partial charge in [0.2, 0.25) is 12.6 Å². The van der Waals surface area contributed by atoms with Crippen LogP contribution in [0.4, 0.5) is 0 Å². The zero-order valence-electron chi connectivity index (χ0n) is 34.5. The van der Waals surface area contributed by atoms with Crippen molar-refractivity contribution in [3.05, 3.63) is 83.1 Å². The van der Waals surface area contributed by atoms with Crippen molar-refractivity contribution in [3.8, 4) is 34.5 Å². The molecule has 7 rings (SSSR count). The number of hydrogen-bond acceptors (Lipinski definition) is 22. The molecule has 0 aromatic heterocycles. The number of hydrogen-bond donors (Lipinski definition) is 12. The first kappa shape index (κ1) is 47.6. The van der Waals surface area contributed by atoms with Crippen LogP contribution in [0.2, 0.25) is 0 Å². The zero-order valence-corrected chi connectivity index (χ0v) is 34.5. The van der Waals surface area contributed by atoms with E-state index in [1.807, 2.05) is 0 Å². The first-order chi connectivity index (χ1) is 31.0. The SMILES string of the molecule is COc1cc(C2Oc3cc(O)cc(O[C@@H]4O[C@H](CO)[C@H](O)[C@H](O)[C@@H]4O)c3C=C2O[C@@H]2O[C@H](CO[C@@H]3O[C@@H](C)[C@H](OC(=O)/C=C/c4ccc(O)cc4)[C@H](O)[C@@H]3O)[C@H](O)[C@H](O)[C@H]2O)ccc1O. The molecule has 22 nitrogen and oxygen atoms in total. The van der Waals surface area contributed by atoms with Gasteiger partial charge in [-0.15, -0.1) is 0 Å². The van der Waals surface area contributed by atoms with Gasteiger partial charge in [-0.3, -0.25) is 0 Å². The third-order valence-electron chi connectivity index (χ3n) is 11.2. The number of carbonyl (C=O) groups excluding carboxylic acids is 1. The van der Waals surface area contributed by atoms with Crippen LogP contribution in [0.25, 0.3) is 12.2 Å². The van der Waals surface area contributed by atoms with Crippen LogP contribution in [0.5, 0.6) is 34.5 Å². The number of phenols is 3. The van der Waals surface area contributed by atoms with Gasteiger partial charge in [0.25, 0.3) is 0 Å². The second-order valence-electron chi connectivity index (χ2n) is 15.6. The lowest BCUT2D eigenvalue weighted by Crippen LogP contribution is -2.61. The molecule has 4 aliphatic heterocycles. The second kappa shape index (κ2) is 20.1. The fourth-order valence-electron chi connectivity index (χ4n) is 7.51. The molecule has 0 aliphatic carbocycles. The molecule has 354 valence electrons. The lowest BCUT2D eigenvalue weighted by molar-refractivity contribution is -0.325. The third-order valence-corrected chi connectivity index (χ3v) is 11.2. The van der Waals surface area contributed by atoms with E-state index in [2.05, 4.69) is 0 Å². The third kappa shape index (κ3) is 10.2. The molecule has 65 heavy (non-hydrogen) atoms. The second-order valence-corrected chi connectivity index (χ2v) is 15.6. The van der Waals surface area contributed by atoms with Crippen LogP contribution in [-0.4, -0.2) is 180 Å². The Balaban J connectivity index is 1.09. The lowest BCUT2D eigenvalue weighted by Gasteiger charge is -2.43. The summed E-state index contributed by atoms with van der Waals surface area (Å²) in [6.07, 6.45) is -22.4. The molecule has 4 heterocycles. The van der Waals surface area contributed by atoms with Crippen molar-refractivity contribution in [2.45, 2.75) is 105 Å². The average Bonchev–Trinajstić information content (AvgIpc) is 3.29. The molecule has 0 saturated carbocycles. The van der Waals surface area contributed by atoms with Crippen LogP contribution in [0.1, 0.15) is 29.7 Å². The molecule has 1 unspecified atom stereocenters. The summed E-state index contributed by atoms with van der Waals surface area (Å²) in [6, 6.07) is 12.4. The van der Waals surface area contributed by atoms with Crippen molar-refractivity contribution < 1.29 is 109 Å². The van der Waals surface area contributed by atoms with Gasteiger partial charge in [0.1, 0.15) is 89.8 Å². The molecular weight excluding hydrogens is 868 g/mol. The monoisotopic (exact) mass is 918 g/mol. The number of fused-ring (bicyclic) bond motifs is 1. The van der Waals surface area contributed by atoms with Crippen molar-refractivity contribution in [2.75, 3.05) is 20.3 Å². The molecule has 3 fully saturated rings. The van der Waals surface area contributed by atoms with Crippen LogP contribution in [0.15, 0.2) is 66.4 Å². The van der Waals surface area contributed by atoms with Gasteiger partial charge in [0.15, 0.2) is 30.0 Å². The van der Waals surface area contributed by atoms with Gasteiger partial charge in [-0.1, -0.05) is 18.2 Å². The molecule has 3 aromatic carbocycles. The molecule has 0 radical (unpaired) electrons. The summed E-state index contributed by atoms with van der Waals surface area (Å²) in [7, 11) is 1.30. The maximum atomic E-state index is 12.6. The fraction of sp³-hybridized carbons (Fsp3) is 0.465. The topological polar surface area (TPSA) is 343 Å². The van der Waals surface area contributed by atoms with Crippen LogP contribution in [0.3, 0.4) is 0 Å². The highest BCUT2D eigenvalue weighted by Gasteiger charge is 2.50. The van der Waals surface area contributed by atoms with Crippen LogP contribution in [0, 0.1) is 0 Å². The van der Waals surface area contributed by atoms with Crippen molar-refractivity contribution >= 4 is 18.1 Å². The lowest BCUT2D eigenvalue weighted by atomic mass is 9.98. The Kier molecular flexibility index (Phi) is 14.7. The number of phenolic OH excluding ortho intramolecular Hbond substituents is 3. The summed E-state index contributed by atoms with van der Waals surface area (Å²) in [5, 5.41) is 127. The number of rotatable bonds is 13. The number of aliphatic hydroxyl groups excluding tert-OH is 9. The van der Waals surface area contributed by atoms with Crippen LogP contribution in [-0.2, 0) is 33.2 Å². The van der Waals surface area contributed by atoms with Crippen LogP contribution < -0.4 is 14.2 Å². The Morgan fingerprint density at radius 3 is 2.02 bits per heavy atom. The molecule has 0 bridgehead atoms. The summed E-state index contributed by atoms with van der Waals surface area (Å²) >= 11 is 0. The maximum Gasteiger partial charge on any atom is 0.331 e. The molecule has 12 N–H and O–H groups in total. The Hall–Kier alpha value is -5.31. The number of esters is 1. The Morgan fingerprint density at radius 1 is 0.692 bits per heavy atom. The fourth-order valence-corrected chi connectivity index (χ4v) is 7.51. The predicted octanol–water partition coefficient (Wildman–Crippen LogP) is -1.60. The molecule has 3 saturated heterocycles. The maximum absolute atomic E-state index is 12.6.